The number of nitrogens with one attached hydrogen (secondary N) is 1. The second kappa shape index (κ2) is 6.84. The van der Waals surface area contributed by atoms with Crippen LogP contribution in [0.25, 0.3) is 0 Å². The van der Waals surface area contributed by atoms with Gasteiger partial charge in [0.05, 0.1) is 0 Å². The lowest BCUT2D eigenvalue weighted by molar-refractivity contribution is 0.460. The minimum atomic E-state index is -0.295. The molecule has 0 aliphatic carbocycles. The Bertz CT molecular complexity index is 541. The first-order valence-corrected chi connectivity index (χ1v) is 6.74. The second-order valence-electron chi connectivity index (χ2n) is 4.43. The summed E-state index contributed by atoms with van der Waals surface area (Å²) in [5.41, 5.74) is 0. The molecule has 0 spiro atoms. The van der Waals surface area contributed by atoms with Crippen LogP contribution in [0.15, 0.2) is 36.5 Å². The zero-order valence-electron chi connectivity index (χ0n) is 11.6. The fourth-order valence-corrected chi connectivity index (χ4v) is 1.77. The van der Waals surface area contributed by atoms with Crippen molar-refractivity contribution in [2.75, 3.05) is 5.32 Å². The monoisotopic (exact) mass is 275 g/mol. The molecular weight excluding hydrogens is 257 g/mol. The van der Waals surface area contributed by atoms with E-state index in [2.05, 4.69) is 29.1 Å². The van der Waals surface area contributed by atoms with Crippen molar-refractivity contribution in [3.63, 3.8) is 0 Å². The maximum absolute atomic E-state index is 12.8. The zero-order chi connectivity index (χ0) is 14.4. The van der Waals surface area contributed by atoms with Gasteiger partial charge in [-0.3, -0.25) is 0 Å². The quantitative estimate of drug-likeness (QED) is 0.865. The van der Waals surface area contributed by atoms with Gasteiger partial charge in [0, 0.05) is 18.3 Å². The van der Waals surface area contributed by atoms with Crippen LogP contribution in [-0.4, -0.2) is 16.0 Å². The van der Waals surface area contributed by atoms with Crippen LogP contribution in [-0.2, 0) is 0 Å². The van der Waals surface area contributed by atoms with Gasteiger partial charge in [-0.25, -0.2) is 9.37 Å². The number of ether oxygens (including phenoxy) is 1. The molecule has 0 saturated heterocycles. The van der Waals surface area contributed by atoms with Gasteiger partial charge in [-0.05, 0) is 37.1 Å². The largest absolute Gasteiger partial charge is 0.439 e. The highest BCUT2D eigenvalue weighted by molar-refractivity contribution is 5.32. The summed E-state index contributed by atoms with van der Waals surface area (Å²) < 4.78 is 18.4. The average molecular weight is 275 g/mol. The molecule has 1 aromatic heterocycles. The molecule has 0 aliphatic heterocycles. The summed E-state index contributed by atoms with van der Waals surface area (Å²) in [7, 11) is 0. The van der Waals surface area contributed by atoms with Crippen molar-refractivity contribution in [2.45, 2.75) is 32.7 Å². The van der Waals surface area contributed by atoms with E-state index < -0.39 is 0 Å². The van der Waals surface area contributed by atoms with Crippen LogP contribution in [0.4, 0.5) is 10.3 Å². The number of halogens is 1. The van der Waals surface area contributed by atoms with Crippen LogP contribution in [0.3, 0.4) is 0 Å². The molecule has 0 fully saturated rings. The van der Waals surface area contributed by atoms with E-state index >= 15 is 0 Å². The summed E-state index contributed by atoms with van der Waals surface area (Å²) in [5, 5.41) is 3.25. The number of aromatic nitrogens is 2. The Morgan fingerprint density at radius 1 is 1.15 bits per heavy atom. The van der Waals surface area contributed by atoms with E-state index in [-0.39, 0.29) is 5.82 Å². The highest BCUT2D eigenvalue weighted by atomic mass is 19.1. The van der Waals surface area contributed by atoms with Gasteiger partial charge in [0.15, 0.2) is 0 Å². The Labute approximate surface area is 118 Å². The minimum absolute atomic E-state index is 0.295. The van der Waals surface area contributed by atoms with Gasteiger partial charge >= 0.3 is 0 Å². The van der Waals surface area contributed by atoms with Crippen molar-refractivity contribution in [1.82, 2.24) is 9.97 Å². The highest BCUT2D eigenvalue weighted by Crippen LogP contribution is 2.20. The first-order valence-electron chi connectivity index (χ1n) is 6.74. The molecule has 106 valence electrons. The zero-order valence-corrected chi connectivity index (χ0v) is 11.6. The Morgan fingerprint density at radius 2 is 1.85 bits per heavy atom. The van der Waals surface area contributed by atoms with E-state index in [0.29, 0.717) is 23.6 Å². The molecule has 1 N–H and O–H groups in total. The van der Waals surface area contributed by atoms with E-state index in [0.717, 1.165) is 12.8 Å². The van der Waals surface area contributed by atoms with Gasteiger partial charge in [-0.2, -0.15) is 4.98 Å². The van der Waals surface area contributed by atoms with Gasteiger partial charge in [-0.15, -0.1) is 0 Å². The lowest BCUT2D eigenvalue weighted by Crippen LogP contribution is -2.18. The normalized spacial score (nSPS) is 10.6. The molecule has 0 radical (unpaired) electrons. The summed E-state index contributed by atoms with van der Waals surface area (Å²) in [5.74, 6) is 1.22. The van der Waals surface area contributed by atoms with Crippen molar-refractivity contribution >= 4 is 5.95 Å². The van der Waals surface area contributed by atoms with E-state index in [1.165, 1.54) is 12.1 Å². The van der Waals surface area contributed by atoms with Gasteiger partial charge < -0.3 is 10.1 Å². The van der Waals surface area contributed by atoms with Gasteiger partial charge in [0.1, 0.15) is 11.6 Å². The number of benzene rings is 1. The number of nitrogens with zero attached hydrogens (tertiary/aromatic N) is 2. The molecule has 4 nitrogen and oxygen atoms in total. The van der Waals surface area contributed by atoms with Crippen molar-refractivity contribution < 1.29 is 9.13 Å². The summed E-state index contributed by atoms with van der Waals surface area (Å²) in [6.07, 6.45) is 3.64. The van der Waals surface area contributed by atoms with Gasteiger partial charge in [0.2, 0.25) is 11.8 Å². The number of hydrogen-bond donors (Lipinski definition) is 1. The molecule has 0 atom stereocenters. The van der Waals surface area contributed by atoms with Crippen molar-refractivity contribution in [3.8, 4) is 11.6 Å². The van der Waals surface area contributed by atoms with Gasteiger partial charge in [0.25, 0.3) is 0 Å². The first-order chi connectivity index (χ1) is 9.71. The van der Waals surface area contributed by atoms with Crippen molar-refractivity contribution in [2.24, 2.45) is 0 Å². The molecule has 2 aromatic rings. The standard InChI is InChI=1S/C15H18FN3O/c1-3-12(4-2)18-15-17-10-9-14(19-15)20-13-7-5-11(16)6-8-13/h5-10,12H,3-4H2,1-2H3,(H,17,18,19). The van der Waals surface area contributed by atoms with Crippen LogP contribution in [0.2, 0.25) is 0 Å². The molecule has 2 rings (SSSR count). The predicted octanol–water partition coefficient (Wildman–Crippen LogP) is 4.01. The Hall–Kier alpha value is -2.17. The Balaban J connectivity index is 2.07. The molecule has 1 aromatic carbocycles. The fourth-order valence-electron chi connectivity index (χ4n) is 1.77. The maximum atomic E-state index is 12.8. The maximum Gasteiger partial charge on any atom is 0.226 e. The smallest absolute Gasteiger partial charge is 0.226 e. The number of rotatable bonds is 6. The highest BCUT2D eigenvalue weighted by Gasteiger charge is 2.06. The van der Waals surface area contributed by atoms with E-state index in [4.69, 9.17) is 4.74 Å². The SMILES string of the molecule is CCC(CC)Nc1nccc(Oc2ccc(F)cc2)n1. The van der Waals surface area contributed by atoms with E-state index in [1.54, 1.807) is 24.4 Å². The third-order valence-electron chi connectivity index (χ3n) is 2.98. The minimum Gasteiger partial charge on any atom is -0.439 e. The van der Waals surface area contributed by atoms with Crippen molar-refractivity contribution in [3.05, 3.63) is 42.3 Å². The lowest BCUT2D eigenvalue weighted by Gasteiger charge is -2.14. The van der Waals surface area contributed by atoms with E-state index in [9.17, 15) is 4.39 Å². The summed E-state index contributed by atoms with van der Waals surface area (Å²) in [6, 6.07) is 7.83. The molecule has 5 heteroatoms. The molecule has 1 heterocycles. The third-order valence-corrected chi connectivity index (χ3v) is 2.98. The first kappa shape index (κ1) is 14.2. The summed E-state index contributed by atoms with van der Waals surface area (Å²) in [6.45, 7) is 4.22. The van der Waals surface area contributed by atoms with Gasteiger partial charge in [-0.1, -0.05) is 13.8 Å². The topological polar surface area (TPSA) is 47.0 Å². The third kappa shape index (κ3) is 3.91. The Morgan fingerprint density at radius 3 is 2.50 bits per heavy atom. The van der Waals surface area contributed by atoms with Crippen LogP contribution in [0.1, 0.15) is 26.7 Å². The second-order valence-corrected chi connectivity index (χ2v) is 4.43. The molecule has 0 aliphatic rings. The van der Waals surface area contributed by atoms with Crippen LogP contribution in [0.5, 0.6) is 11.6 Å². The predicted molar refractivity (Wildman–Crippen MR) is 76.5 cm³/mol. The molecule has 0 bridgehead atoms. The molecule has 0 saturated carbocycles. The Kier molecular flexibility index (Phi) is 4.87. The summed E-state index contributed by atoms with van der Waals surface area (Å²) in [4.78, 5) is 8.46. The van der Waals surface area contributed by atoms with Crippen molar-refractivity contribution in [1.29, 1.82) is 0 Å². The number of hydrogen-bond acceptors (Lipinski definition) is 4. The molecular formula is C15H18FN3O. The van der Waals surface area contributed by atoms with Crippen LogP contribution < -0.4 is 10.1 Å². The lowest BCUT2D eigenvalue weighted by atomic mass is 10.2. The molecule has 0 unspecified atom stereocenters. The summed E-state index contributed by atoms with van der Waals surface area (Å²) >= 11 is 0. The van der Waals surface area contributed by atoms with Crippen LogP contribution in [0, 0.1) is 5.82 Å². The van der Waals surface area contributed by atoms with E-state index in [1.807, 2.05) is 0 Å². The van der Waals surface area contributed by atoms with Crippen LogP contribution >= 0.6 is 0 Å². The molecule has 0 amide bonds. The average Bonchev–Trinajstić information content (AvgIpc) is 2.47. The molecule has 20 heavy (non-hydrogen) atoms. The number of anilines is 1. The fraction of sp³-hybridized carbons (Fsp3) is 0.333.